The first kappa shape index (κ1) is 12.9. The fourth-order valence-electron chi connectivity index (χ4n) is 2.72. The van der Waals surface area contributed by atoms with Crippen LogP contribution in [0.4, 0.5) is 0 Å². The molecule has 0 spiro atoms. The molecule has 2 heteroatoms. The number of methoxy groups -OCH3 is 1. The molecular weight excluding hydrogens is 246 g/mol. The van der Waals surface area contributed by atoms with Crippen molar-refractivity contribution in [2.24, 2.45) is 0 Å². The van der Waals surface area contributed by atoms with Gasteiger partial charge in [0.2, 0.25) is 0 Å². The van der Waals surface area contributed by atoms with E-state index in [4.69, 9.17) is 4.74 Å². The van der Waals surface area contributed by atoms with Crippen LogP contribution in [0, 0.1) is 6.92 Å². The first-order valence-corrected chi connectivity index (χ1v) is 6.89. The van der Waals surface area contributed by atoms with Crippen LogP contribution in [-0.4, -0.2) is 7.11 Å². The Hall–Kier alpha value is -2.06. The van der Waals surface area contributed by atoms with E-state index in [0.29, 0.717) is 6.61 Å². The van der Waals surface area contributed by atoms with Crippen molar-refractivity contribution in [3.8, 4) is 11.1 Å². The van der Waals surface area contributed by atoms with Crippen LogP contribution in [0.1, 0.15) is 22.3 Å². The van der Waals surface area contributed by atoms with Gasteiger partial charge in [-0.05, 0) is 64.7 Å². The van der Waals surface area contributed by atoms with Crippen LogP contribution in [0.5, 0.6) is 0 Å². The second-order valence-electron chi connectivity index (χ2n) is 5.21. The normalized spacial score (nSPS) is 12.9. The van der Waals surface area contributed by atoms with Gasteiger partial charge in [0.25, 0.3) is 0 Å². The van der Waals surface area contributed by atoms with Crippen LogP contribution < -0.4 is 5.32 Å². The van der Waals surface area contributed by atoms with Gasteiger partial charge in [0.1, 0.15) is 0 Å². The number of rotatable bonds is 3. The van der Waals surface area contributed by atoms with E-state index in [0.717, 1.165) is 6.54 Å². The highest BCUT2D eigenvalue weighted by Gasteiger charge is 2.10. The predicted molar refractivity (Wildman–Crippen MR) is 83.2 cm³/mol. The summed E-state index contributed by atoms with van der Waals surface area (Å²) in [6.07, 6.45) is 4.17. The second-order valence-corrected chi connectivity index (χ2v) is 5.21. The predicted octanol–water partition coefficient (Wildman–Crippen LogP) is 3.88. The molecule has 0 saturated carbocycles. The summed E-state index contributed by atoms with van der Waals surface area (Å²) in [5, 5.41) is 3.27. The van der Waals surface area contributed by atoms with Gasteiger partial charge < -0.3 is 10.1 Å². The maximum absolute atomic E-state index is 5.21. The van der Waals surface area contributed by atoms with E-state index in [1.807, 2.05) is 6.20 Å². The molecule has 1 aliphatic heterocycles. The molecule has 0 amide bonds. The van der Waals surface area contributed by atoms with Crippen molar-refractivity contribution in [2.75, 3.05) is 7.11 Å². The van der Waals surface area contributed by atoms with Crippen molar-refractivity contribution in [3.05, 3.63) is 64.9 Å². The third kappa shape index (κ3) is 2.47. The lowest BCUT2D eigenvalue weighted by Crippen LogP contribution is -2.11. The van der Waals surface area contributed by atoms with Crippen molar-refractivity contribution in [1.29, 1.82) is 0 Å². The molecule has 20 heavy (non-hydrogen) atoms. The van der Waals surface area contributed by atoms with Crippen LogP contribution in [0.3, 0.4) is 0 Å². The Morgan fingerprint density at radius 2 is 2.05 bits per heavy atom. The summed E-state index contributed by atoms with van der Waals surface area (Å²) in [6, 6.07) is 13.1. The molecule has 2 aromatic carbocycles. The summed E-state index contributed by atoms with van der Waals surface area (Å²) < 4.78 is 5.21. The molecule has 3 rings (SSSR count). The lowest BCUT2D eigenvalue weighted by atomic mass is 9.93. The van der Waals surface area contributed by atoms with Gasteiger partial charge in [0.15, 0.2) is 0 Å². The summed E-state index contributed by atoms with van der Waals surface area (Å²) >= 11 is 0. The maximum Gasteiger partial charge on any atom is 0.0713 e. The zero-order valence-corrected chi connectivity index (χ0v) is 11.9. The van der Waals surface area contributed by atoms with E-state index in [-0.39, 0.29) is 0 Å². The van der Waals surface area contributed by atoms with E-state index < -0.39 is 0 Å². The maximum atomic E-state index is 5.21. The summed E-state index contributed by atoms with van der Waals surface area (Å²) in [5.41, 5.74) is 7.77. The monoisotopic (exact) mass is 265 g/mol. The molecule has 0 aromatic heterocycles. The standard InChI is InChI=1S/C18H19NO/c1-13-8-17(10-16-6-7-19-11-18(13)16)15-5-3-4-14(9-15)12-20-2/h3-10,19H,11-12H2,1-2H3. The Morgan fingerprint density at radius 1 is 1.15 bits per heavy atom. The molecule has 1 heterocycles. The average molecular weight is 265 g/mol. The molecule has 2 aromatic rings. The van der Waals surface area contributed by atoms with Gasteiger partial charge in [0.05, 0.1) is 6.61 Å². The molecule has 0 unspecified atom stereocenters. The number of ether oxygens (including phenoxy) is 1. The van der Waals surface area contributed by atoms with Crippen LogP contribution in [0.25, 0.3) is 17.2 Å². The molecule has 2 nitrogen and oxygen atoms in total. The smallest absolute Gasteiger partial charge is 0.0713 e. The van der Waals surface area contributed by atoms with E-state index in [1.54, 1.807) is 7.11 Å². The van der Waals surface area contributed by atoms with E-state index in [9.17, 15) is 0 Å². The van der Waals surface area contributed by atoms with E-state index in [1.165, 1.54) is 33.4 Å². The Kier molecular flexibility index (Phi) is 3.57. The highest BCUT2D eigenvalue weighted by atomic mass is 16.5. The summed E-state index contributed by atoms with van der Waals surface area (Å²) in [4.78, 5) is 0. The Morgan fingerprint density at radius 3 is 2.90 bits per heavy atom. The van der Waals surface area contributed by atoms with Gasteiger partial charge in [-0.15, -0.1) is 0 Å². The Balaban J connectivity index is 2.04. The average Bonchev–Trinajstić information content (AvgIpc) is 2.48. The first-order chi connectivity index (χ1) is 9.78. The largest absolute Gasteiger partial charge is 0.387 e. The van der Waals surface area contributed by atoms with Gasteiger partial charge in [-0.1, -0.05) is 24.3 Å². The van der Waals surface area contributed by atoms with Gasteiger partial charge in [0, 0.05) is 13.7 Å². The summed E-state index contributed by atoms with van der Waals surface area (Å²) in [6.45, 7) is 3.76. The van der Waals surface area contributed by atoms with Gasteiger partial charge in [-0.2, -0.15) is 0 Å². The molecule has 0 atom stereocenters. The minimum Gasteiger partial charge on any atom is -0.387 e. The number of nitrogens with one attached hydrogen (secondary N) is 1. The van der Waals surface area contributed by atoms with Crippen molar-refractivity contribution in [1.82, 2.24) is 5.32 Å². The fourth-order valence-corrected chi connectivity index (χ4v) is 2.72. The van der Waals surface area contributed by atoms with Gasteiger partial charge in [-0.3, -0.25) is 0 Å². The van der Waals surface area contributed by atoms with Crippen molar-refractivity contribution in [3.63, 3.8) is 0 Å². The second kappa shape index (κ2) is 5.51. The number of benzene rings is 2. The molecule has 0 fully saturated rings. The Bertz CT molecular complexity index is 658. The molecule has 1 aliphatic rings. The molecule has 0 bridgehead atoms. The molecule has 1 N–H and O–H groups in total. The summed E-state index contributed by atoms with van der Waals surface area (Å²) in [5.74, 6) is 0. The molecule has 0 aliphatic carbocycles. The van der Waals surface area contributed by atoms with Crippen LogP contribution in [-0.2, 0) is 17.9 Å². The topological polar surface area (TPSA) is 21.3 Å². The highest BCUT2D eigenvalue weighted by Crippen LogP contribution is 2.28. The molecule has 0 saturated heterocycles. The number of hydrogen-bond acceptors (Lipinski definition) is 2. The van der Waals surface area contributed by atoms with Gasteiger partial charge in [-0.25, -0.2) is 0 Å². The van der Waals surface area contributed by atoms with Crippen LogP contribution in [0.15, 0.2) is 42.6 Å². The zero-order valence-electron chi connectivity index (χ0n) is 11.9. The summed E-state index contributed by atoms with van der Waals surface area (Å²) in [7, 11) is 1.73. The molecule has 0 radical (unpaired) electrons. The first-order valence-electron chi connectivity index (χ1n) is 6.89. The van der Waals surface area contributed by atoms with E-state index >= 15 is 0 Å². The van der Waals surface area contributed by atoms with Crippen LogP contribution in [0.2, 0.25) is 0 Å². The zero-order chi connectivity index (χ0) is 13.9. The van der Waals surface area contributed by atoms with Crippen LogP contribution >= 0.6 is 0 Å². The molecular formula is C18H19NO. The lowest BCUT2D eigenvalue weighted by Gasteiger charge is -2.17. The number of aryl methyl sites for hydroxylation is 1. The minimum atomic E-state index is 0.654. The number of hydrogen-bond donors (Lipinski definition) is 1. The third-order valence-corrected chi connectivity index (χ3v) is 3.74. The van der Waals surface area contributed by atoms with Crippen molar-refractivity contribution in [2.45, 2.75) is 20.1 Å². The van der Waals surface area contributed by atoms with Crippen molar-refractivity contribution >= 4 is 6.08 Å². The number of fused-ring (bicyclic) bond motifs is 1. The minimum absolute atomic E-state index is 0.654. The fraction of sp³-hybridized carbons (Fsp3) is 0.222. The third-order valence-electron chi connectivity index (χ3n) is 3.74. The lowest BCUT2D eigenvalue weighted by molar-refractivity contribution is 0.185. The SMILES string of the molecule is COCc1cccc(-c2cc(C)c3c(c2)C=CNC3)c1. The van der Waals surface area contributed by atoms with Crippen molar-refractivity contribution < 1.29 is 4.74 Å². The molecule has 102 valence electrons. The highest BCUT2D eigenvalue weighted by molar-refractivity contribution is 5.71. The quantitative estimate of drug-likeness (QED) is 0.909. The van der Waals surface area contributed by atoms with Gasteiger partial charge >= 0.3 is 0 Å². The Labute approximate surface area is 120 Å². The van der Waals surface area contributed by atoms with E-state index in [2.05, 4.69) is 54.7 Å².